The van der Waals surface area contributed by atoms with Crippen molar-refractivity contribution in [2.24, 2.45) is 0 Å². The van der Waals surface area contributed by atoms with Crippen LogP contribution in [0.1, 0.15) is 35.7 Å². The first-order chi connectivity index (χ1) is 12.5. The van der Waals surface area contributed by atoms with Crippen LogP contribution >= 0.6 is 0 Å². The topological polar surface area (TPSA) is 67.9 Å². The van der Waals surface area contributed by atoms with Crippen molar-refractivity contribution in [3.05, 3.63) is 47.5 Å². The number of likely N-dealkylation sites (N-methyl/N-ethyl adjacent to an activating group) is 1. The molecule has 4 rings (SSSR count). The zero-order valence-electron chi connectivity index (χ0n) is 14.9. The van der Waals surface area contributed by atoms with Gasteiger partial charge in [0.15, 0.2) is 6.61 Å². The molecular weight excluding hydrogens is 332 g/mol. The van der Waals surface area contributed by atoms with Gasteiger partial charge in [-0.15, -0.1) is 0 Å². The van der Waals surface area contributed by atoms with Crippen LogP contribution in [0.4, 0.5) is 11.4 Å². The average Bonchev–Trinajstić information content (AvgIpc) is 2.93. The summed E-state index contributed by atoms with van der Waals surface area (Å²) in [5.41, 5.74) is 2.86. The van der Waals surface area contributed by atoms with E-state index in [2.05, 4.69) is 12.2 Å². The number of rotatable bonds is 2. The minimum atomic E-state index is -0.233. The lowest BCUT2D eigenvalue weighted by atomic mass is 9.97. The number of nitrogens with zero attached hydrogens (tertiary/aromatic N) is 1. The maximum absolute atomic E-state index is 12.8. The van der Waals surface area contributed by atoms with Gasteiger partial charge in [-0.3, -0.25) is 9.59 Å². The van der Waals surface area contributed by atoms with E-state index < -0.39 is 0 Å². The van der Waals surface area contributed by atoms with Gasteiger partial charge in [-0.1, -0.05) is 19.1 Å². The fourth-order valence-electron chi connectivity index (χ4n) is 3.32. The van der Waals surface area contributed by atoms with Crippen LogP contribution in [0, 0.1) is 0 Å². The molecule has 0 saturated heterocycles. The minimum Gasteiger partial charge on any atom is -0.489 e. The largest absolute Gasteiger partial charge is 0.489 e. The van der Waals surface area contributed by atoms with Crippen LogP contribution in [0.3, 0.4) is 0 Å². The van der Waals surface area contributed by atoms with Crippen molar-refractivity contribution < 1.29 is 19.1 Å². The van der Waals surface area contributed by atoms with E-state index >= 15 is 0 Å². The molecule has 0 aromatic heterocycles. The Bertz CT molecular complexity index is 909. The summed E-state index contributed by atoms with van der Waals surface area (Å²) < 4.78 is 11.4. The quantitative estimate of drug-likeness (QED) is 0.901. The molecule has 2 amide bonds. The molecule has 2 unspecified atom stereocenters. The van der Waals surface area contributed by atoms with Crippen molar-refractivity contribution in [2.75, 3.05) is 23.9 Å². The molecule has 1 N–H and O–H groups in total. The molecule has 2 atom stereocenters. The van der Waals surface area contributed by atoms with E-state index in [1.165, 1.54) is 0 Å². The Balaban J connectivity index is 1.60. The summed E-state index contributed by atoms with van der Waals surface area (Å²) in [5.74, 6) is 1.15. The number of nitrogens with one attached hydrogen (secondary N) is 1. The molecule has 0 spiro atoms. The third-order valence-electron chi connectivity index (χ3n) is 5.09. The van der Waals surface area contributed by atoms with Crippen LogP contribution in [0.2, 0.25) is 0 Å². The number of hydrogen-bond donors (Lipinski definition) is 1. The van der Waals surface area contributed by atoms with Gasteiger partial charge in [0.25, 0.3) is 11.8 Å². The van der Waals surface area contributed by atoms with Crippen LogP contribution in [0.25, 0.3) is 0 Å². The Labute approximate surface area is 151 Å². The predicted octanol–water partition coefficient (Wildman–Crippen LogP) is 3.18. The highest BCUT2D eigenvalue weighted by molar-refractivity contribution is 6.07. The van der Waals surface area contributed by atoms with Crippen LogP contribution in [0.15, 0.2) is 36.4 Å². The lowest BCUT2D eigenvalue weighted by Crippen LogP contribution is -2.35. The Kier molecular flexibility index (Phi) is 3.83. The highest BCUT2D eigenvalue weighted by Gasteiger charge is 2.31. The summed E-state index contributed by atoms with van der Waals surface area (Å²) in [5, 5.41) is 2.89. The molecule has 2 heterocycles. The van der Waals surface area contributed by atoms with E-state index in [1.54, 1.807) is 36.2 Å². The molecule has 0 saturated carbocycles. The number of amides is 2. The van der Waals surface area contributed by atoms with E-state index in [1.807, 2.05) is 19.1 Å². The number of ether oxygens (including phenoxy) is 2. The summed E-state index contributed by atoms with van der Waals surface area (Å²) in [6, 6.07) is 10.9. The fraction of sp³-hybridized carbons (Fsp3) is 0.300. The number of para-hydroxylation sites is 1. The lowest BCUT2D eigenvalue weighted by Gasteiger charge is -2.26. The normalized spacial score (nSPS) is 20.7. The molecule has 2 aromatic rings. The first-order valence-electron chi connectivity index (χ1n) is 8.60. The van der Waals surface area contributed by atoms with Crippen LogP contribution in [-0.4, -0.2) is 31.6 Å². The first kappa shape index (κ1) is 16.4. The summed E-state index contributed by atoms with van der Waals surface area (Å²) in [6.07, 6.45) is 0.0455. The average molecular weight is 352 g/mol. The third kappa shape index (κ3) is 2.58. The van der Waals surface area contributed by atoms with E-state index in [9.17, 15) is 9.59 Å². The van der Waals surface area contributed by atoms with Crippen molar-refractivity contribution >= 4 is 23.2 Å². The monoisotopic (exact) mass is 352 g/mol. The van der Waals surface area contributed by atoms with Gasteiger partial charge in [-0.2, -0.15) is 0 Å². The van der Waals surface area contributed by atoms with E-state index in [-0.39, 0.29) is 30.4 Å². The molecule has 2 aromatic carbocycles. The van der Waals surface area contributed by atoms with Crippen molar-refractivity contribution in [1.82, 2.24) is 0 Å². The number of hydrogen-bond acceptors (Lipinski definition) is 4. The second-order valence-electron chi connectivity index (χ2n) is 6.71. The van der Waals surface area contributed by atoms with Gasteiger partial charge in [0.2, 0.25) is 0 Å². The lowest BCUT2D eigenvalue weighted by molar-refractivity contribution is -0.120. The molecule has 0 aliphatic carbocycles. The first-order valence-corrected chi connectivity index (χ1v) is 8.60. The van der Waals surface area contributed by atoms with Gasteiger partial charge in [0.1, 0.15) is 17.6 Å². The second kappa shape index (κ2) is 6.05. The molecule has 134 valence electrons. The maximum atomic E-state index is 12.8. The highest BCUT2D eigenvalue weighted by Crippen LogP contribution is 2.40. The molecular formula is C20H20N2O4. The highest BCUT2D eigenvalue weighted by atomic mass is 16.5. The van der Waals surface area contributed by atoms with Gasteiger partial charge in [0.05, 0.1) is 11.3 Å². The van der Waals surface area contributed by atoms with Gasteiger partial charge in [0, 0.05) is 30.3 Å². The van der Waals surface area contributed by atoms with E-state index in [0.29, 0.717) is 28.4 Å². The third-order valence-corrected chi connectivity index (χ3v) is 5.09. The Hall–Kier alpha value is -3.02. The molecule has 0 fully saturated rings. The number of anilines is 2. The number of benzene rings is 2. The van der Waals surface area contributed by atoms with Crippen molar-refractivity contribution in [1.29, 1.82) is 0 Å². The Morgan fingerprint density at radius 2 is 2.04 bits per heavy atom. The number of fused-ring (bicyclic) bond motifs is 2. The standard InChI is InChI=1S/C20H20N2O4/c1-11-12(2)26-19-14(11)5-4-6-15(19)20(24)21-13-7-8-16-17(9-13)25-10-18(23)22(16)3/h4-9,11-12H,10H2,1-3H3,(H,21,24). The second-order valence-corrected chi connectivity index (χ2v) is 6.71. The maximum Gasteiger partial charge on any atom is 0.264 e. The zero-order valence-corrected chi connectivity index (χ0v) is 14.9. The molecule has 2 aliphatic heterocycles. The Morgan fingerprint density at radius 1 is 1.23 bits per heavy atom. The summed E-state index contributed by atoms with van der Waals surface area (Å²) >= 11 is 0. The molecule has 6 heteroatoms. The van der Waals surface area contributed by atoms with Crippen LogP contribution in [-0.2, 0) is 4.79 Å². The molecule has 2 aliphatic rings. The smallest absolute Gasteiger partial charge is 0.264 e. The van der Waals surface area contributed by atoms with Gasteiger partial charge >= 0.3 is 0 Å². The molecule has 6 nitrogen and oxygen atoms in total. The molecule has 26 heavy (non-hydrogen) atoms. The van der Waals surface area contributed by atoms with Gasteiger partial charge in [-0.05, 0) is 25.1 Å². The summed E-state index contributed by atoms with van der Waals surface area (Å²) in [6.45, 7) is 4.10. The Morgan fingerprint density at radius 3 is 2.85 bits per heavy atom. The minimum absolute atomic E-state index is 0.00326. The van der Waals surface area contributed by atoms with Crippen molar-refractivity contribution in [3.63, 3.8) is 0 Å². The zero-order chi connectivity index (χ0) is 18.4. The number of carbonyl (C=O) groups is 2. The SMILES string of the molecule is CC1Oc2c(C(=O)Nc3ccc4c(c3)OCC(=O)N4C)cccc2C1C. The summed E-state index contributed by atoms with van der Waals surface area (Å²) in [7, 11) is 1.70. The molecule has 0 bridgehead atoms. The predicted molar refractivity (Wildman–Crippen MR) is 98.2 cm³/mol. The van der Waals surface area contributed by atoms with E-state index in [4.69, 9.17) is 9.47 Å². The van der Waals surface area contributed by atoms with Gasteiger partial charge in [-0.25, -0.2) is 0 Å². The van der Waals surface area contributed by atoms with Crippen LogP contribution < -0.4 is 19.7 Å². The molecule has 0 radical (unpaired) electrons. The van der Waals surface area contributed by atoms with E-state index in [0.717, 1.165) is 5.56 Å². The van der Waals surface area contributed by atoms with Gasteiger partial charge < -0.3 is 19.7 Å². The van der Waals surface area contributed by atoms with Crippen LogP contribution in [0.5, 0.6) is 11.5 Å². The van der Waals surface area contributed by atoms with Crippen molar-refractivity contribution in [3.8, 4) is 11.5 Å². The summed E-state index contributed by atoms with van der Waals surface area (Å²) in [4.78, 5) is 26.0. The fourth-order valence-corrected chi connectivity index (χ4v) is 3.32. The van der Waals surface area contributed by atoms with Crippen molar-refractivity contribution in [2.45, 2.75) is 25.9 Å². The number of carbonyl (C=O) groups excluding carboxylic acids is 2.